The molecule has 3 fully saturated rings. The highest BCUT2D eigenvalue weighted by Crippen LogP contribution is 2.40. The standard InChI is InChI=1S/C24H43N3/c1-18(2)19-8-10-21(11-9-19)26-14-12-22(13-15-26)27-17-20(16-25-3)23-6-4-5-7-24(23)27/h4-5,18-25H,6-17H2,1-3H3/t19-,20?,21+,23?,24?. The molecule has 1 N–H and O–H groups in total. The highest BCUT2D eigenvalue weighted by Gasteiger charge is 2.44. The van der Waals surface area contributed by atoms with Crippen LogP contribution in [-0.4, -0.2) is 61.2 Å². The summed E-state index contributed by atoms with van der Waals surface area (Å²) in [6.07, 6.45) is 16.2. The molecular weight excluding hydrogens is 330 g/mol. The number of fused-ring (bicyclic) bond motifs is 1. The van der Waals surface area contributed by atoms with Gasteiger partial charge in [0.1, 0.15) is 0 Å². The average Bonchev–Trinajstić information content (AvgIpc) is 3.07. The predicted molar refractivity (Wildman–Crippen MR) is 115 cm³/mol. The minimum atomic E-state index is 0.825. The Morgan fingerprint density at radius 2 is 1.63 bits per heavy atom. The summed E-state index contributed by atoms with van der Waals surface area (Å²) in [7, 11) is 2.13. The number of hydrogen-bond acceptors (Lipinski definition) is 3. The second-order valence-electron chi connectivity index (χ2n) is 10.3. The van der Waals surface area contributed by atoms with E-state index in [0.29, 0.717) is 0 Å². The monoisotopic (exact) mass is 373 g/mol. The van der Waals surface area contributed by atoms with Crippen molar-refractivity contribution in [3.63, 3.8) is 0 Å². The van der Waals surface area contributed by atoms with Gasteiger partial charge >= 0.3 is 0 Å². The van der Waals surface area contributed by atoms with Crippen LogP contribution in [0.5, 0.6) is 0 Å². The Morgan fingerprint density at radius 3 is 2.30 bits per heavy atom. The van der Waals surface area contributed by atoms with Crippen molar-refractivity contribution in [3.8, 4) is 0 Å². The zero-order valence-corrected chi connectivity index (χ0v) is 18.1. The molecule has 3 nitrogen and oxygen atoms in total. The van der Waals surface area contributed by atoms with Crippen molar-refractivity contribution in [2.45, 2.75) is 83.3 Å². The first kappa shape index (κ1) is 19.9. The molecule has 2 aliphatic carbocycles. The molecule has 0 amide bonds. The number of nitrogens with zero attached hydrogens (tertiary/aromatic N) is 2. The number of allylic oxidation sites excluding steroid dienone is 1. The van der Waals surface area contributed by atoms with Crippen molar-refractivity contribution in [3.05, 3.63) is 12.2 Å². The lowest BCUT2D eigenvalue weighted by Crippen LogP contribution is -2.50. The first-order valence-electron chi connectivity index (χ1n) is 12.0. The Balaban J connectivity index is 1.30. The van der Waals surface area contributed by atoms with Gasteiger partial charge in [0, 0.05) is 24.7 Å². The zero-order valence-electron chi connectivity index (χ0n) is 18.1. The molecule has 0 spiro atoms. The van der Waals surface area contributed by atoms with Crippen molar-refractivity contribution in [1.82, 2.24) is 15.1 Å². The van der Waals surface area contributed by atoms with E-state index in [1.807, 2.05) is 0 Å². The molecule has 2 saturated heterocycles. The van der Waals surface area contributed by atoms with Crippen LogP contribution in [-0.2, 0) is 0 Å². The second kappa shape index (κ2) is 8.97. The van der Waals surface area contributed by atoms with Crippen molar-refractivity contribution < 1.29 is 0 Å². The quantitative estimate of drug-likeness (QED) is 0.730. The van der Waals surface area contributed by atoms with Gasteiger partial charge in [0.05, 0.1) is 0 Å². The lowest BCUT2D eigenvalue weighted by molar-refractivity contribution is 0.0509. The van der Waals surface area contributed by atoms with Gasteiger partial charge < -0.3 is 10.2 Å². The summed E-state index contributed by atoms with van der Waals surface area (Å²) in [5.41, 5.74) is 0. The lowest BCUT2D eigenvalue weighted by Gasteiger charge is -2.44. The maximum absolute atomic E-state index is 3.47. The third-order valence-electron chi connectivity index (χ3n) is 8.56. The molecular formula is C24H43N3. The van der Waals surface area contributed by atoms with Crippen LogP contribution in [0.2, 0.25) is 0 Å². The topological polar surface area (TPSA) is 18.5 Å². The third-order valence-corrected chi connectivity index (χ3v) is 8.56. The van der Waals surface area contributed by atoms with Gasteiger partial charge in [-0.05, 0) is 102 Å². The Kier molecular flexibility index (Phi) is 6.61. The van der Waals surface area contributed by atoms with Gasteiger partial charge in [0.15, 0.2) is 0 Å². The largest absolute Gasteiger partial charge is 0.319 e. The molecule has 1 saturated carbocycles. The number of rotatable bonds is 5. The maximum Gasteiger partial charge on any atom is 0.0168 e. The van der Waals surface area contributed by atoms with Gasteiger partial charge in [-0.2, -0.15) is 0 Å². The van der Waals surface area contributed by atoms with Crippen molar-refractivity contribution in [2.24, 2.45) is 23.7 Å². The molecule has 4 rings (SSSR count). The summed E-state index contributed by atoms with van der Waals surface area (Å²) in [4.78, 5) is 5.82. The van der Waals surface area contributed by atoms with Crippen LogP contribution in [0.4, 0.5) is 0 Å². The van der Waals surface area contributed by atoms with E-state index in [2.05, 4.69) is 48.2 Å². The van der Waals surface area contributed by atoms with Gasteiger partial charge in [-0.1, -0.05) is 26.0 Å². The summed E-state index contributed by atoms with van der Waals surface area (Å²) in [6.45, 7) is 10.1. The summed E-state index contributed by atoms with van der Waals surface area (Å²) in [5.74, 6) is 3.62. The summed E-state index contributed by atoms with van der Waals surface area (Å²) in [5, 5.41) is 3.47. The van der Waals surface area contributed by atoms with Crippen molar-refractivity contribution >= 4 is 0 Å². The first-order valence-corrected chi connectivity index (χ1v) is 12.0. The predicted octanol–water partition coefficient (Wildman–Crippen LogP) is 4.15. The minimum Gasteiger partial charge on any atom is -0.319 e. The van der Waals surface area contributed by atoms with E-state index in [9.17, 15) is 0 Å². The molecule has 0 aromatic rings. The molecule has 2 aliphatic heterocycles. The van der Waals surface area contributed by atoms with E-state index in [-0.39, 0.29) is 0 Å². The van der Waals surface area contributed by atoms with E-state index in [0.717, 1.165) is 41.8 Å². The van der Waals surface area contributed by atoms with E-state index < -0.39 is 0 Å². The van der Waals surface area contributed by atoms with E-state index >= 15 is 0 Å². The van der Waals surface area contributed by atoms with Gasteiger partial charge in [0.25, 0.3) is 0 Å². The Labute approximate surface area is 167 Å². The number of likely N-dealkylation sites (tertiary alicyclic amines) is 2. The highest BCUT2D eigenvalue weighted by atomic mass is 15.3. The van der Waals surface area contributed by atoms with E-state index in [1.165, 1.54) is 77.5 Å². The smallest absolute Gasteiger partial charge is 0.0168 e. The normalized spacial score (nSPS) is 39.2. The fourth-order valence-corrected chi connectivity index (χ4v) is 6.86. The summed E-state index contributed by atoms with van der Waals surface area (Å²) in [6, 6.07) is 2.56. The maximum atomic E-state index is 3.47. The van der Waals surface area contributed by atoms with Crippen molar-refractivity contribution in [1.29, 1.82) is 0 Å². The van der Waals surface area contributed by atoms with E-state index in [1.54, 1.807) is 0 Å². The SMILES string of the molecule is CNCC1CN(C2CCN([C@H]3CC[C@@H](C(C)C)CC3)CC2)C2CC=CCC12. The molecule has 0 radical (unpaired) electrons. The number of nitrogens with one attached hydrogen (secondary N) is 1. The molecule has 0 aromatic carbocycles. The molecule has 3 unspecified atom stereocenters. The third kappa shape index (κ3) is 4.31. The summed E-state index contributed by atoms with van der Waals surface area (Å²) < 4.78 is 0. The molecule has 3 heteroatoms. The molecule has 0 aromatic heterocycles. The van der Waals surface area contributed by atoms with Crippen molar-refractivity contribution in [2.75, 3.05) is 33.2 Å². The Bertz CT molecular complexity index is 486. The Hall–Kier alpha value is -0.380. The van der Waals surface area contributed by atoms with Gasteiger partial charge in [-0.25, -0.2) is 0 Å². The minimum absolute atomic E-state index is 0.825. The first-order chi connectivity index (χ1) is 13.2. The fourth-order valence-electron chi connectivity index (χ4n) is 6.86. The highest BCUT2D eigenvalue weighted by molar-refractivity contribution is 5.07. The van der Waals surface area contributed by atoms with E-state index in [4.69, 9.17) is 0 Å². The van der Waals surface area contributed by atoms with Gasteiger partial charge in [-0.3, -0.25) is 4.90 Å². The number of piperidine rings is 1. The lowest BCUT2D eigenvalue weighted by atomic mass is 9.79. The molecule has 3 atom stereocenters. The second-order valence-corrected chi connectivity index (χ2v) is 10.3. The molecule has 27 heavy (non-hydrogen) atoms. The van der Waals surface area contributed by atoms with Crippen LogP contribution < -0.4 is 5.32 Å². The number of hydrogen-bond donors (Lipinski definition) is 1. The van der Waals surface area contributed by atoms with Crippen LogP contribution in [0.25, 0.3) is 0 Å². The molecule has 4 aliphatic rings. The summed E-state index contributed by atoms with van der Waals surface area (Å²) >= 11 is 0. The Morgan fingerprint density at radius 1 is 0.926 bits per heavy atom. The average molecular weight is 374 g/mol. The van der Waals surface area contributed by atoms with Crippen LogP contribution in [0.3, 0.4) is 0 Å². The van der Waals surface area contributed by atoms with Gasteiger partial charge in [-0.15, -0.1) is 0 Å². The fraction of sp³-hybridized carbons (Fsp3) is 0.917. The molecule has 2 heterocycles. The van der Waals surface area contributed by atoms with Crippen LogP contribution in [0.1, 0.15) is 65.2 Å². The van der Waals surface area contributed by atoms with Gasteiger partial charge in [0.2, 0.25) is 0 Å². The molecule has 154 valence electrons. The molecule has 0 bridgehead atoms. The van der Waals surface area contributed by atoms with Crippen LogP contribution >= 0.6 is 0 Å². The zero-order chi connectivity index (χ0) is 18.8. The van der Waals surface area contributed by atoms with Crippen LogP contribution in [0.15, 0.2) is 12.2 Å². The van der Waals surface area contributed by atoms with Crippen LogP contribution in [0, 0.1) is 23.7 Å².